The molecule has 0 aliphatic carbocycles. The van der Waals surface area contributed by atoms with Crippen LogP contribution in [0.25, 0.3) is 0 Å². The lowest BCUT2D eigenvalue weighted by Gasteiger charge is -2.24. The van der Waals surface area contributed by atoms with Gasteiger partial charge in [-0.3, -0.25) is 0 Å². The number of unbranched alkanes of at least 4 members (excludes halogenated alkanes) is 1. The Kier molecular flexibility index (Phi) is 6.19. The van der Waals surface area contributed by atoms with Crippen molar-refractivity contribution in [3.8, 4) is 0 Å². The first-order valence-electron chi connectivity index (χ1n) is 6.14. The SMILES string of the molecule is COCCCCNCC(C)(O)c1ccccc1. The minimum absolute atomic E-state index is 0.573. The van der Waals surface area contributed by atoms with Crippen LogP contribution in [0.3, 0.4) is 0 Å². The van der Waals surface area contributed by atoms with Crippen LogP contribution < -0.4 is 5.32 Å². The summed E-state index contributed by atoms with van der Waals surface area (Å²) in [6.07, 6.45) is 2.12. The Morgan fingerprint density at radius 1 is 1.24 bits per heavy atom. The zero-order valence-electron chi connectivity index (χ0n) is 10.8. The molecule has 0 saturated carbocycles. The Morgan fingerprint density at radius 2 is 1.94 bits per heavy atom. The predicted molar refractivity (Wildman–Crippen MR) is 70.0 cm³/mol. The van der Waals surface area contributed by atoms with Crippen molar-refractivity contribution in [2.75, 3.05) is 26.8 Å². The normalized spacial score (nSPS) is 14.5. The van der Waals surface area contributed by atoms with Crippen molar-refractivity contribution < 1.29 is 9.84 Å². The van der Waals surface area contributed by atoms with Crippen molar-refractivity contribution >= 4 is 0 Å². The third-order valence-electron chi connectivity index (χ3n) is 2.82. The van der Waals surface area contributed by atoms with E-state index in [1.807, 2.05) is 37.3 Å². The molecule has 0 saturated heterocycles. The zero-order chi connectivity index (χ0) is 12.6. The van der Waals surface area contributed by atoms with E-state index in [1.54, 1.807) is 7.11 Å². The van der Waals surface area contributed by atoms with E-state index in [2.05, 4.69) is 5.32 Å². The fourth-order valence-electron chi connectivity index (χ4n) is 1.73. The summed E-state index contributed by atoms with van der Waals surface area (Å²) in [5.41, 5.74) is 0.145. The average molecular weight is 237 g/mol. The summed E-state index contributed by atoms with van der Waals surface area (Å²) in [6, 6.07) is 9.75. The molecule has 1 aromatic carbocycles. The Balaban J connectivity index is 2.26. The molecule has 0 heterocycles. The van der Waals surface area contributed by atoms with E-state index in [0.717, 1.165) is 31.6 Å². The van der Waals surface area contributed by atoms with Gasteiger partial charge in [0.05, 0.1) is 5.60 Å². The molecule has 0 radical (unpaired) electrons. The number of rotatable bonds is 8. The predicted octanol–water partition coefficient (Wildman–Crippen LogP) is 1.91. The molecule has 1 rings (SSSR count). The fraction of sp³-hybridized carbons (Fsp3) is 0.571. The lowest BCUT2D eigenvalue weighted by atomic mass is 9.96. The first kappa shape index (κ1) is 14.2. The Morgan fingerprint density at radius 3 is 2.59 bits per heavy atom. The fourth-order valence-corrected chi connectivity index (χ4v) is 1.73. The van der Waals surface area contributed by atoms with Crippen LogP contribution in [0.5, 0.6) is 0 Å². The molecule has 1 aromatic rings. The van der Waals surface area contributed by atoms with Gasteiger partial charge in [0.2, 0.25) is 0 Å². The summed E-state index contributed by atoms with van der Waals surface area (Å²) >= 11 is 0. The van der Waals surface area contributed by atoms with Gasteiger partial charge in [-0.05, 0) is 31.9 Å². The lowest BCUT2D eigenvalue weighted by molar-refractivity contribution is 0.0569. The summed E-state index contributed by atoms with van der Waals surface area (Å²) in [6.45, 7) is 4.12. The van der Waals surface area contributed by atoms with Crippen LogP contribution in [-0.4, -0.2) is 31.9 Å². The molecule has 0 amide bonds. The van der Waals surface area contributed by atoms with E-state index in [1.165, 1.54) is 0 Å². The number of aliphatic hydroxyl groups is 1. The Bertz CT molecular complexity index is 298. The molecule has 2 N–H and O–H groups in total. The van der Waals surface area contributed by atoms with Crippen molar-refractivity contribution in [1.82, 2.24) is 5.32 Å². The zero-order valence-corrected chi connectivity index (χ0v) is 10.8. The molecule has 0 aliphatic rings. The maximum absolute atomic E-state index is 10.3. The molecular weight excluding hydrogens is 214 g/mol. The second-order valence-corrected chi connectivity index (χ2v) is 4.52. The van der Waals surface area contributed by atoms with Crippen molar-refractivity contribution in [3.63, 3.8) is 0 Å². The molecule has 0 bridgehead atoms. The van der Waals surface area contributed by atoms with E-state index in [9.17, 15) is 5.11 Å². The molecule has 1 unspecified atom stereocenters. The monoisotopic (exact) mass is 237 g/mol. The first-order valence-corrected chi connectivity index (χ1v) is 6.14. The van der Waals surface area contributed by atoms with Crippen LogP contribution >= 0.6 is 0 Å². The summed E-state index contributed by atoms with van der Waals surface area (Å²) < 4.78 is 4.98. The van der Waals surface area contributed by atoms with Crippen LogP contribution in [0.4, 0.5) is 0 Å². The third-order valence-corrected chi connectivity index (χ3v) is 2.82. The minimum Gasteiger partial charge on any atom is -0.385 e. The van der Waals surface area contributed by atoms with Gasteiger partial charge in [-0.1, -0.05) is 30.3 Å². The summed E-state index contributed by atoms with van der Waals surface area (Å²) in [7, 11) is 1.72. The van der Waals surface area contributed by atoms with Gasteiger partial charge in [0.1, 0.15) is 0 Å². The van der Waals surface area contributed by atoms with Crippen LogP contribution in [-0.2, 0) is 10.3 Å². The maximum atomic E-state index is 10.3. The van der Waals surface area contributed by atoms with E-state index < -0.39 is 5.60 Å². The summed E-state index contributed by atoms with van der Waals surface area (Å²) in [5, 5.41) is 13.6. The van der Waals surface area contributed by atoms with Crippen LogP contribution in [0.2, 0.25) is 0 Å². The highest BCUT2D eigenvalue weighted by Gasteiger charge is 2.21. The van der Waals surface area contributed by atoms with E-state index in [0.29, 0.717) is 6.54 Å². The Hall–Kier alpha value is -0.900. The van der Waals surface area contributed by atoms with E-state index >= 15 is 0 Å². The number of nitrogens with one attached hydrogen (secondary N) is 1. The molecular formula is C14H23NO2. The van der Waals surface area contributed by atoms with Crippen molar-refractivity contribution in [2.45, 2.75) is 25.4 Å². The van der Waals surface area contributed by atoms with Gasteiger partial charge in [0.25, 0.3) is 0 Å². The molecule has 0 aromatic heterocycles. The van der Waals surface area contributed by atoms with Gasteiger partial charge >= 0.3 is 0 Å². The number of hydrogen-bond donors (Lipinski definition) is 2. The van der Waals surface area contributed by atoms with Crippen LogP contribution in [0.15, 0.2) is 30.3 Å². The maximum Gasteiger partial charge on any atom is 0.0992 e. The number of ether oxygens (including phenoxy) is 1. The molecule has 0 spiro atoms. The van der Waals surface area contributed by atoms with Gasteiger partial charge < -0.3 is 15.2 Å². The molecule has 3 heteroatoms. The number of benzene rings is 1. The van der Waals surface area contributed by atoms with Gasteiger partial charge in [0.15, 0.2) is 0 Å². The summed E-state index contributed by atoms with van der Waals surface area (Å²) in [5.74, 6) is 0. The van der Waals surface area contributed by atoms with Gasteiger partial charge in [-0.2, -0.15) is 0 Å². The highest BCUT2D eigenvalue weighted by molar-refractivity contribution is 5.21. The first-order chi connectivity index (χ1) is 8.17. The smallest absolute Gasteiger partial charge is 0.0992 e. The van der Waals surface area contributed by atoms with Gasteiger partial charge in [0, 0.05) is 20.3 Å². The highest BCUT2D eigenvalue weighted by Crippen LogP contribution is 2.18. The van der Waals surface area contributed by atoms with E-state index in [4.69, 9.17) is 4.74 Å². The van der Waals surface area contributed by atoms with Crippen molar-refractivity contribution in [2.24, 2.45) is 0 Å². The largest absolute Gasteiger partial charge is 0.385 e. The number of methoxy groups -OCH3 is 1. The quantitative estimate of drug-likeness (QED) is 0.679. The van der Waals surface area contributed by atoms with Gasteiger partial charge in [-0.25, -0.2) is 0 Å². The second-order valence-electron chi connectivity index (χ2n) is 4.52. The van der Waals surface area contributed by atoms with Crippen molar-refractivity contribution in [3.05, 3.63) is 35.9 Å². The molecule has 17 heavy (non-hydrogen) atoms. The molecule has 0 fully saturated rings. The second kappa shape index (κ2) is 7.43. The van der Waals surface area contributed by atoms with Gasteiger partial charge in [-0.15, -0.1) is 0 Å². The third kappa shape index (κ3) is 5.31. The molecule has 96 valence electrons. The molecule has 1 atom stereocenters. The topological polar surface area (TPSA) is 41.5 Å². The average Bonchev–Trinajstić information content (AvgIpc) is 2.35. The minimum atomic E-state index is -0.803. The summed E-state index contributed by atoms with van der Waals surface area (Å²) in [4.78, 5) is 0. The van der Waals surface area contributed by atoms with E-state index in [-0.39, 0.29) is 0 Å². The Labute approximate surface area is 104 Å². The number of hydrogen-bond acceptors (Lipinski definition) is 3. The molecule has 0 aliphatic heterocycles. The van der Waals surface area contributed by atoms with Crippen molar-refractivity contribution in [1.29, 1.82) is 0 Å². The highest BCUT2D eigenvalue weighted by atomic mass is 16.5. The van der Waals surface area contributed by atoms with Crippen LogP contribution in [0, 0.1) is 0 Å². The van der Waals surface area contributed by atoms with Crippen LogP contribution in [0.1, 0.15) is 25.3 Å². The molecule has 3 nitrogen and oxygen atoms in total. The lowest BCUT2D eigenvalue weighted by Crippen LogP contribution is -2.35. The standard InChI is InChI=1S/C14H23NO2/c1-14(16,13-8-4-3-5-9-13)12-15-10-6-7-11-17-2/h3-5,8-9,15-16H,6-7,10-12H2,1-2H3.